The Morgan fingerprint density at radius 2 is 0.940 bits per heavy atom. The van der Waals surface area contributed by atoms with Crippen LogP contribution in [-0.2, 0) is 0 Å². The monoisotopic (exact) mass is 637 g/mol. The van der Waals surface area contributed by atoms with Gasteiger partial charge in [0.1, 0.15) is 11.2 Å². The van der Waals surface area contributed by atoms with Crippen LogP contribution >= 0.6 is 0 Å². The second-order valence-corrected chi connectivity index (χ2v) is 12.9. The molecule has 0 aliphatic heterocycles. The van der Waals surface area contributed by atoms with Crippen molar-refractivity contribution in [1.82, 2.24) is 0 Å². The van der Waals surface area contributed by atoms with Crippen molar-refractivity contribution >= 4 is 71.3 Å². The molecule has 0 aliphatic carbocycles. The van der Waals surface area contributed by atoms with E-state index in [-0.39, 0.29) is 0 Å². The smallest absolute Gasteiger partial charge is 0.135 e. The van der Waals surface area contributed by atoms with Gasteiger partial charge in [0, 0.05) is 27.7 Å². The van der Waals surface area contributed by atoms with E-state index in [0.29, 0.717) is 0 Å². The molecule has 1 aromatic heterocycles. The summed E-state index contributed by atoms with van der Waals surface area (Å²) in [6, 6.07) is 67.6. The first-order chi connectivity index (χ1) is 24.8. The lowest BCUT2D eigenvalue weighted by Crippen LogP contribution is -2.11. The highest BCUT2D eigenvalue weighted by Gasteiger charge is 2.19. The van der Waals surface area contributed by atoms with E-state index in [0.717, 1.165) is 39.0 Å². The number of fused-ring (bicyclic) bond motifs is 7. The predicted molar refractivity (Wildman–Crippen MR) is 212 cm³/mol. The second kappa shape index (κ2) is 11.5. The molecular formula is C48H31NO. The van der Waals surface area contributed by atoms with Crippen LogP contribution in [0.25, 0.3) is 76.5 Å². The molecule has 2 heteroatoms. The maximum Gasteiger partial charge on any atom is 0.135 e. The average Bonchev–Trinajstić information content (AvgIpc) is 3.56. The van der Waals surface area contributed by atoms with Gasteiger partial charge in [0.25, 0.3) is 0 Å². The Hall–Kier alpha value is -6.64. The molecule has 0 bridgehead atoms. The fourth-order valence-corrected chi connectivity index (χ4v) is 7.63. The summed E-state index contributed by atoms with van der Waals surface area (Å²) in [5.41, 5.74) is 9.82. The molecule has 234 valence electrons. The van der Waals surface area contributed by atoms with Crippen LogP contribution in [0.1, 0.15) is 0 Å². The van der Waals surface area contributed by atoms with Crippen LogP contribution in [0.2, 0.25) is 0 Å². The average molecular weight is 638 g/mol. The molecule has 50 heavy (non-hydrogen) atoms. The number of furan rings is 1. The predicted octanol–water partition coefficient (Wildman–Crippen LogP) is 13.8. The van der Waals surface area contributed by atoms with Gasteiger partial charge in [0.05, 0.1) is 5.69 Å². The number of benzene rings is 9. The fourth-order valence-electron chi connectivity index (χ4n) is 7.63. The number of hydrogen-bond donors (Lipinski definition) is 0. The SMILES string of the molecule is c1ccc(N(c2ccc(-c3cc4ccccc4c4ccccc34)cc2)c2ccc3oc4ccccc4c3c2)c(-c2ccc3ccccc3c2)c1. The number of anilines is 3. The van der Waals surface area contributed by atoms with E-state index in [1.165, 1.54) is 54.6 Å². The number of nitrogens with zero attached hydrogens (tertiary/aromatic N) is 1. The van der Waals surface area contributed by atoms with Crippen LogP contribution < -0.4 is 4.90 Å². The summed E-state index contributed by atoms with van der Waals surface area (Å²) in [6.07, 6.45) is 0. The van der Waals surface area contributed by atoms with Crippen LogP contribution in [0.3, 0.4) is 0 Å². The Morgan fingerprint density at radius 3 is 1.80 bits per heavy atom. The Balaban J connectivity index is 1.17. The summed E-state index contributed by atoms with van der Waals surface area (Å²) in [7, 11) is 0. The molecule has 10 rings (SSSR count). The Bertz CT molecular complexity index is 2880. The minimum atomic E-state index is 0.885. The van der Waals surface area contributed by atoms with Crippen molar-refractivity contribution < 1.29 is 4.42 Å². The molecule has 1 heterocycles. The molecule has 2 nitrogen and oxygen atoms in total. The van der Waals surface area contributed by atoms with Crippen molar-refractivity contribution in [3.63, 3.8) is 0 Å². The molecular weight excluding hydrogens is 607 g/mol. The van der Waals surface area contributed by atoms with Crippen LogP contribution in [0, 0.1) is 0 Å². The minimum Gasteiger partial charge on any atom is -0.456 e. The maximum atomic E-state index is 6.24. The lowest BCUT2D eigenvalue weighted by molar-refractivity contribution is 0.669. The molecule has 9 aromatic carbocycles. The van der Waals surface area contributed by atoms with Crippen LogP contribution in [0.5, 0.6) is 0 Å². The molecule has 0 saturated carbocycles. The van der Waals surface area contributed by atoms with Gasteiger partial charge in [-0.05, 0) is 104 Å². The van der Waals surface area contributed by atoms with Gasteiger partial charge in [-0.1, -0.05) is 133 Å². The zero-order valence-corrected chi connectivity index (χ0v) is 27.3. The molecule has 10 aromatic rings. The van der Waals surface area contributed by atoms with Crippen LogP contribution in [0.4, 0.5) is 17.1 Å². The third kappa shape index (κ3) is 4.65. The zero-order valence-electron chi connectivity index (χ0n) is 27.3. The van der Waals surface area contributed by atoms with Crippen molar-refractivity contribution in [2.45, 2.75) is 0 Å². The Kier molecular flexibility index (Phi) is 6.53. The lowest BCUT2D eigenvalue weighted by atomic mass is 9.93. The molecule has 0 saturated heterocycles. The number of rotatable bonds is 5. The first-order valence-corrected chi connectivity index (χ1v) is 17.1. The fraction of sp³-hybridized carbons (Fsp3) is 0. The summed E-state index contributed by atoms with van der Waals surface area (Å²) in [5, 5.41) is 9.74. The van der Waals surface area contributed by atoms with Gasteiger partial charge in [-0.25, -0.2) is 0 Å². The van der Waals surface area contributed by atoms with Gasteiger partial charge < -0.3 is 9.32 Å². The van der Waals surface area contributed by atoms with E-state index in [4.69, 9.17) is 4.42 Å². The van der Waals surface area contributed by atoms with Crippen LogP contribution in [0.15, 0.2) is 192 Å². The molecule has 0 radical (unpaired) electrons. The standard InChI is InChI=1S/C48H31NO/c1-2-12-34-29-36(22-21-32(34)11-1)40-15-7-9-19-46(40)49(38-27-28-48-45(31-38)43-18-8-10-20-47(43)50-48)37-25-23-33(24-26-37)44-30-35-13-3-4-14-39(35)41-16-5-6-17-42(41)44/h1-31H. The number of hydrogen-bond acceptors (Lipinski definition) is 2. The Morgan fingerprint density at radius 1 is 0.320 bits per heavy atom. The van der Waals surface area contributed by atoms with E-state index in [1.807, 2.05) is 12.1 Å². The summed E-state index contributed by atoms with van der Waals surface area (Å²) in [4.78, 5) is 2.38. The molecule has 0 amide bonds. The largest absolute Gasteiger partial charge is 0.456 e. The third-order valence-corrected chi connectivity index (χ3v) is 10.0. The van der Waals surface area contributed by atoms with E-state index in [2.05, 4.69) is 181 Å². The summed E-state index contributed by atoms with van der Waals surface area (Å²) in [5.74, 6) is 0. The molecule has 0 atom stereocenters. The summed E-state index contributed by atoms with van der Waals surface area (Å²) < 4.78 is 6.24. The Labute approximate surface area is 290 Å². The molecule has 0 N–H and O–H groups in total. The highest BCUT2D eigenvalue weighted by molar-refractivity contribution is 6.14. The third-order valence-electron chi connectivity index (χ3n) is 10.0. The minimum absolute atomic E-state index is 0.885. The van der Waals surface area contributed by atoms with Gasteiger partial charge in [-0.3, -0.25) is 0 Å². The van der Waals surface area contributed by atoms with Crippen LogP contribution in [-0.4, -0.2) is 0 Å². The molecule has 0 spiro atoms. The van der Waals surface area contributed by atoms with E-state index in [9.17, 15) is 0 Å². The van der Waals surface area contributed by atoms with E-state index >= 15 is 0 Å². The first-order valence-electron chi connectivity index (χ1n) is 17.1. The normalized spacial score (nSPS) is 11.6. The zero-order chi connectivity index (χ0) is 33.0. The van der Waals surface area contributed by atoms with Gasteiger partial charge in [-0.15, -0.1) is 0 Å². The molecule has 0 fully saturated rings. The van der Waals surface area contributed by atoms with Gasteiger partial charge in [0.15, 0.2) is 0 Å². The summed E-state index contributed by atoms with van der Waals surface area (Å²) >= 11 is 0. The molecule has 0 aliphatic rings. The van der Waals surface area contributed by atoms with Crippen molar-refractivity contribution in [1.29, 1.82) is 0 Å². The number of para-hydroxylation sites is 2. The van der Waals surface area contributed by atoms with Crippen molar-refractivity contribution in [3.05, 3.63) is 188 Å². The molecule has 0 unspecified atom stereocenters. The van der Waals surface area contributed by atoms with Crippen molar-refractivity contribution in [2.75, 3.05) is 4.90 Å². The topological polar surface area (TPSA) is 16.4 Å². The first kappa shape index (κ1) is 28.4. The van der Waals surface area contributed by atoms with Crippen molar-refractivity contribution in [2.24, 2.45) is 0 Å². The van der Waals surface area contributed by atoms with Gasteiger partial charge >= 0.3 is 0 Å². The van der Waals surface area contributed by atoms with E-state index < -0.39 is 0 Å². The van der Waals surface area contributed by atoms with E-state index in [1.54, 1.807) is 0 Å². The van der Waals surface area contributed by atoms with Gasteiger partial charge in [-0.2, -0.15) is 0 Å². The quantitative estimate of drug-likeness (QED) is 0.175. The second-order valence-electron chi connectivity index (χ2n) is 12.9. The lowest BCUT2D eigenvalue weighted by Gasteiger charge is -2.28. The highest BCUT2D eigenvalue weighted by Crippen LogP contribution is 2.44. The van der Waals surface area contributed by atoms with Gasteiger partial charge in [0.2, 0.25) is 0 Å². The maximum absolute atomic E-state index is 6.24. The summed E-state index contributed by atoms with van der Waals surface area (Å²) in [6.45, 7) is 0. The highest BCUT2D eigenvalue weighted by atomic mass is 16.3. The van der Waals surface area contributed by atoms with Crippen molar-refractivity contribution in [3.8, 4) is 22.3 Å².